The predicted octanol–water partition coefficient (Wildman–Crippen LogP) is -0.825. The van der Waals surface area contributed by atoms with E-state index in [0.717, 1.165) is 5.56 Å². The zero-order valence-electron chi connectivity index (χ0n) is 10.7. The second kappa shape index (κ2) is 8.23. The Labute approximate surface area is 112 Å². The first kappa shape index (κ1) is 15.1. The van der Waals surface area contributed by atoms with Gasteiger partial charge in [0.1, 0.15) is 6.61 Å². The first-order chi connectivity index (χ1) is 9.09. The highest BCUT2D eigenvalue weighted by atomic mass is 16.5. The van der Waals surface area contributed by atoms with Crippen molar-refractivity contribution in [1.29, 1.82) is 0 Å². The lowest BCUT2D eigenvalue weighted by molar-refractivity contribution is -0.123. The van der Waals surface area contributed by atoms with Crippen molar-refractivity contribution in [3.8, 4) is 0 Å². The summed E-state index contributed by atoms with van der Waals surface area (Å²) in [7, 11) is 0. The van der Waals surface area contributed by atoms with Gasteiger partial charge in [0.25, 0.3) is 0 Å². The highest BCUT2D eigenvalue weighted by Gasteiger charge is 2.13. The molecule has 0 spiro atoms. The molecule has 0 fully saturated rings. The van der Waals surface area contributed by atoms with E-state index in [1.54, 1.807) is 0 Å². The normalized spacial score (nSPS) is 11.8. The maximum absolute atomic E-state index is 11.7. The monoisotopic (exact) mass is 265 g/mol. The van der Waals surface area contributed by atoms with Crippen LogP contribution in [-0.4, -0.2) is 37.6 Å². The molecule has 19 heavy (non-hydrogen) atoms. The fourth-order valence-electron chi connectivity index (χ4n) is 1.51. The standard InChI is InChI=1S/C13H19N3O3/c14-11(8-10-4-2-1-3-5-10)13(18)16-6-7-19-9-12(15)17/h1-5,11H,6-9,14H2,(H2,15,17)(H,16,18)/t11-/m1/s1. The molecule has 0 aliphatic rings. The summed E-state index contributed by atoms with van der Waals surface area (Å²) in [6, 6.07) is 8.95. The molecule has 5 N–H and O–H groups in total. The number of nitrogens with one attached hydrogen (secondary N) is 1. The summed E-state index contributed by atoms with van der Waals surface area (Å²) in [6.45, 7) is 0.382. The molecule has 0 aromatic heterocycles. The lowest BCUT2D eigenvalue weighted by atomic mass is 10.1. The summed E-state index contributed by atoms with van der Waals surface area (Å²) in [5, 5.41) is 2.64. The predicted molar refractivity (Wildman–Crippen MR) is 71.1 cm³/mol. The summed E-state index contributed by atoms with van der Waals surface area (Å²) in [6.07, 6.45) is 0.481. The molecule has 6 heteroatoms. The summed E-state index contributed by atoms with van der Waals surface area (Å²) in [4.78, 5) is 22.1. The first-order valence-electron chi connectivity index (χ1n) is 6.03. The van der Waals surface area contributed by atoms with Crippen LogP contribution in [0.4, 0.5) is 0 Å². The van der Waals surface area contributed by atoms with Crippen molar-refractivity contribution >= 4 is 11.8 Å². The van der Waals surface area contributed by atoms with Gasteiger partial charge in [-0.15, -0.1) is 0 Å². The third-order valence-corrected chi connectivity index (χ3v) is 2.43. The van der Waals surface area contributed by atoms with Crippen molar-refractivity contribution in [1.82, 2.24) is 5.32 Å². The Morgan fingerprint density at radius 1 is 1.26 bits per heavy atom. The van der Waals surface area contributed by atoms with Crippen molar-refractivity contribution < 1.29 is 14.3 Å². The zero-order chi connectivity index (χ0) is 14.1. The second-order valence-corrected chi connectivity index (χ2v) is 4.11. The Hall–Kier alpha value is -1.92. The van der Waals surface area contributed by atoms with Crippen molar-refractivity contribution in [3.63, 3.8) is 0 Å². The average molecular weight is 265 g/mol. The van der Waals surface area contributed by atoms with Gasteiger partial charge < -0.3 is 21.5 Å². The highest BCUT2D eigenvalue weighted by Crippen LogP contribution is 2.01. The van der Waals surface area contributed by atoms with Gasteiger partial charge in [-0.25, -0.2) is 0 Å². The Morgan fingerprint density at radius 3 is 2.58 bits per heavy atom. The fourth-order valence-corrected chi connectivity index (χ4v) is 1.51. The molecular formula is C13H19N3O3. The molecular weight excluding hydrogens is 246 g/mol. The van der Waals surface area contributed by atoms with Crippen LogP contribution in [0.3, 0.4) is 0 Å². The van der Waals surface area contributed by atoms with Crippen molar-refractivity contribution in [2.45, 2.75) is 12.5 Å². The number of amides is 2. The minimum atomic E-state index is -0.599. The van der Waals surface area contributed by atoms with Crippen LogP contribution in [-0.2, 0) is 20.7 Å². The van der Waals surface area contributed by atoms with Crippen LogP contribution in [0.25, 0.3) is 0 Å². The summed E-state index contributed by atoms with van der Waals surface area (Å²) in [5.74, 6) is -0.779. The van der Waals surface area contributed by atoms with Gasteiger partial charge in [-0.2, -0.15) is 0 Å². The van der Waals surface area contributed by atoms with E-state index in [2.05, 4.69) is 5.32 Å². The van der Waals surface area contributed by atoms with E-state index in [1.165, 1.54) is 0 Å². The highest BCUT2D eigenvalue weighted by molar-refractivity contribution is 5.81. The van der Waals surface area contributed by atoms with Gasteiger partial charge in [0.2, 0.25) is 11.8 Å². The maximum Gasteiger partial charge on any atom is 0.243 e. The van der Waals surface area contributed by atoms with Crippen LogP contribution in [0, 0.1) is 0 Å². The third kappa shape index (κ3) is 6.54. The molecule has 1 rings (SSSR count). The topological polar surface area (TPSA) is 107 Å². The largest absolute Gasteiger partial charge is 0.370 e. The molecule has 0 heterocycles. The zero-order valence-corrected chi connectivity index (χ0v) is 10.7. The number of rotatable bonds is 8. The van der Waals surface area contributed by atoms with E-state index in [0.29, 0.717) is 13.0 Å². The first-order valence-corrected chi connectivity index (χ1v) is 6.03. The number of benzene rings is 1. The molecule has 104 valence electrons. The van der Waals surface area contributed by atoms with E-state index in [9.17, 15) is 9.59 Å². The lowest BCUT2D eigenvalue weighted by Gasteiger charge is -2.12. The van der Waals surface area contributed by atoms with Crippen LogP contribution in [0.5, 0.6) is 0 Å². The van der Waals surface area contributed by atoms with Crippen molar-refractivity contribution in [2.75, 3.05) is 19.8 Å². The molecule has 1 atom stereocenters. The van der Waals surface area contributed by atoms with Gasteiger partial charge in [-0.05, 0) is 12.0 Å². The summed E-state index contributed by atoms with van der Waals surface area (Å²) < 4.78 is 4.91. The van der Waals surface area contributed by atoms with Gasteiger partial charge in [0.15, 0.2) is 0 Å². The molecule has 0 saturated carbocycles. The van der Waals surface area contributed by atoms with Crippen LogP contribution < -0.4 is 16.8 Å². The SMILES string of the molecule is NC(=O)COCCNC(=O)[C@H](N)Cc1ccccc1. The van der Waals surface area contributed by atoms with Gasteiger partial charge in [-0.3, -0.25) is 9.59 Å². The lowest BCUT2D eigenvalue weighted by Crippen LogP contribution is -2.43. The Balaban J connectivity index is 2.20. The Bertz CT molecular complexity index is 409. The van der Waals surface area contributed by atoms with Gasteiger partial charge in [0.05, 0.1) is 12.6 Å². The molecule has 1 aromatic rings. The van der Waals surface area contributed by atoms with Crippen LogP contribution >= 0.6 is 0 Å². The number of carbonyl (C=O) groups excluding carboxylic acids is 2. The number of nitrogens with two attached hydrogens (primary N) is 2. The van der Waals surface area contributed by atoms with Crippen LogP contribution in [0.15, 0.2) is 30.3 Å². The molecule has 6 nitrogen and oxygen atoms in total. The summed E-state index contributed by atoms with van der Waals surface area (Å²) >= 11 is 0. The fraction of sp³-hybridized carbons (Fsp3) is 0.385. The number of hydrogen-bond acceptors (Lipinski definition) is 4. The van der Waals surface area contributed by atoms with Crippen LogP contribution in [0.1, 0.15) is 5.56 Å². The van der Waals surface area contributed by atoms with Gasteiger partial charge >= 0.3 is 0 Å². The number of ether oxygens (including phenoxy) is 1. The van der Waals surface area contributed by atoms with E-state index in [1.807, 2.05) is 30.3 Å². The average Bonchev–Trinajstić information content (AvgIpc) is 2.38. The molecule has 0 radical (unpaired) electrons. The van der Waals surface area contributed by atoms with Crippen molar-refractivity contribution in [2.24, 2.45) is 11.5 Å². The molecule has 0 unspecified atom stereocenters. The quantitative estimate of drug-likeness (QED) is 0.533. The third-order valence-electron chi connectivity index (χ3n) is 2.43. The minimum Gasteiger partial charge on any atom is -0.370 e. The Kier molecular flexibility index (Phi) is 6.56. The van der Waals surface area contributed by atoms with E-state index in [4.69, 9.17) is 16.2 Å². The minimum absolute atomic E-state index is 0.147. The summed E-state index contributed by atoms with van der Waals surface area (Å²) in [5.41, 5.74) is 11.7. The molecule has 0 saturated heterocycles. The van der Waals surface area contributed by atoms with E-state index < -0.39 is 11.9 Å². The van der Waals surface area contributed by atoms with Crippen LogP contribution in [0.2, 0.25) is 0 Å². The van der Waals surface area contributed by atoms with Gasteiger partial charge in [0, 0.05) is 6.54 Å². The second-order valence-electron chi connectivity index (χ2n) is 4.11. The molecule has 0 aliphatic heterocycles. The molecule has 0 bridgehead atoms. The Morgan fingerprint density at radius 2 is 1.95 bits per heavy atom. The number of primary amides is 1. The maximum atomic E-state index is 11.7. The molecule has 0 aliphatic carbocycles. The molecule has 1 aromatic carbocycles. The molecule has 2 amide bonds. The number of hydrogen-bond donors (Lipinski definition) is 3. The number of carbonyl (C=O) groups is 2. The van der Waals surface area contributed by atoms with Crippen molar-refractivity contribution in [3.05, 3.63) is 35.9 Å². The van der Waals surface area contributed by atoms with E-state index >= 15 is 0 Å². The van der Waals surface area contributed by atoms with E-state index in [-0.39, 0.29) is 19.1 Å². The van der Waals surface area contributed by atoms with Gasteiger partial charge in [-0.1, -0.05) is 30.3 Å². The smallest absolute Gasteiger partial charge is 0.243 e.